The maximum Gasteiger partial charge on any atom is 0.255 e. The SMILES string of the molecule is O=C(Nc1ccc(C23CC4CC(CC(C4)C2)C3)cc1)c1ccc(CS(=O)(=O)N2CCCCC2)cc1. The van der Waals surface area contributed by atoms with E-state index in [-0.39, 0.29) is 11.7 Å². The van der Waals surface area contributed by atoms with Crippen molar-refractivity contribution < 1.29 is 13.2 Å². The molecule has 0 spiro atoms. The zero-order valence-electron chi connectivity index (χ0n) is 20.4. The molecule has 186 valence electrons. The van der Waals surface area contributed by atoms with Gasteiger partial charge in [0.1, 0.15) is 0 Å². The summed E-state index contributed by atoms with van der Waals surface area (Å²) in [6.07, 6.45) is 11.3. The van der Waals surface area contributed by atoms with Crippen LogP contribution in [0.15, 0.2) is 48.5 Å². The fraction of sp³-hybridized carbons (Fsp3) is 0.552. The standard InChI is InChI=1S/C29H36N2O3S/c32-28(25-6-4-21(5-7-25)20-35(33,34)31-12-2-1-3-13-31)30-27-10-8-26(9-11-27)29-17-22-14-23(18-29)16-24(15-22)19-29/h4-11,22-24H,1-3,12-20H2,(H,30,32). The van der Waals surface area contributed by atoms with E-state index in [4.69, 9.17) is 0 Å². The van der Waals surface area contributed by atoms with Gasteiger partial charge < -0.3 is 5.32 Å². The van der Waals surface area contributed by atoms with Crippen molar-refractivity contribution in [1.82, 2.24) is 4.31 Å². The number of piperidine rings is 1. The number of anilines is 1. The second kappa shape index (κ2) is 9.04. The van der Waals surface area contributed by atoms with Crippen LogP contribution in [0.25, 0.3) is 0 Å². The lowest BCUT2D eigenvalue weighted by Gasteiger charge is -2.57. The fourth-order valence-corrected chi connectivity index (χ4v) is 9.38. The summed E-state index contributed by atoms with van der Waals surface area (Å²) in [6.45, 7) is 1.23. The van der Waals surface area contributed by atoms with Gasteiger partial charge >= 0.3 is 0 Å². The van der Waals surface area contributed by atoms with E-state index in [0.29, 0.717) is 29.6 Å². The van der Waals surface area contributed by atoms with E-state index in [9.17, 15) is 13.2 Å². The predicted octanol–water partition coefficient (Wildman–Crippen LogP) is 5.72. The van der Waals surface area contributed by atoms with Gasteiger partial charge in [0.05, 0.1) is 5.75 Å². The van der Waals surface area contributed by atoms with Crippen LogP contribution in [0.3, 0.4) is 0 Å². The summed E-state index contributed by atoms with van der Waals surface area (Å²) < 4.78 is 27.0. The summed E-state index contributed by atoms with van der Waals surface area (Å²) in [5, 5.41) is 3.01. The number of rotatable bonds is 6. The molecule has 7 rings (SSSR count). The number of carbonyl (C=O) groups is 1. The Morgan fingerprint density at radius 3 is 1.97 bits per heavy atom. The molecule has 6 heteroatoms. The fourth-order valence-electron chi connectivity index (χ4n) is 7.77. The second-order valence-corrected chi connectivity index (χ2v) is 13.6. The number of benzene rings is 2. The minimum Gasteiger partial charge on any atom is -0.322 e. The number of nitrogens with zero attached hydrogens (tertiary/aromatic N) is 1. The van der Waals surface area contributed by atoms with E-state index in [1.807, 2.05) is 12.1 Å². The summed E-state index contributed by atoms with van der Waals surface area (Å²) in [7, 11) is -3.31. The molecule has 0 atom stereocenters. The molecular weight excluding hydrogens is 456 g/mol. The van der Waals surface area contributed by atoms with Crippen LogP contribution in [0.5, 0.6) is 0 Å². The molecule has 4 bridgehead atoms. The molecule has 2 aromatic carbocycles. The largest absolute Gasteiger partial charge is 0.322 e. The minimum atomic E-state index is -3.31. The normalized spacial score (nSPS) is 30.3. The molecule has 4 saturated carbocycles. The average Bonchev–Trinajstić information content (AvgIpc) is 2.84. The highest BCUT2D eigenvalue weighted by atomic mass is 32.2. The zero-order valence-corrected chi connectivity index (χ0v) is 21.2. The van der Waals surface area contributed by atoms with Crippen LogP contribution in [-0.2, 0) is 21.2 Å². The third kappa shape index (κ3) is 4.67. The molecule has 5 aliphatic rings. The van der Waals surface area contributed by atoms with Gasteiger partial charge in [-0.3, -0.25) is 4.79 Å². The Kier molecular flexibility index (Phi) is 6.00. The number of sulfonamides is 1. The van der Waals surface area contributed by atoms with Crippen molar-refractivity contribution in [3.8, 4) is 0 Å². The van der Waals surface area contributed by atoms with Crippen molar-refractivity contribution in [3.05, 3.63) is 65.2 Å². The highest BCUT2D eigenvalue weighted by Gasteiger charge is 2.51. The van der Waals surface area contributed by atoms with Crippen LogP contribution in [0, 0.1) is 17.8 Å². The predicted molar refractivity (Wildman–Crippen MR) is 139 cm³/mol. The molecular formula is C29H36N2O3S. The smallest absolute Gasteiger partial charge is 0.255 e. The quantitative estimate of drug-likeness (QED) is 0.561. The monoisotopic (exact) mass is 492 g/mol. The Hall–Kier alpha value is -2.18. The van der Waals surface area contributed by atoms with Crippen molar-refractivity contribution in [2.45, 2.75) is 69.0 Å². The molecule has 0 unspecified atom stereocenters. The number of carbonyl (C=O) groups excluding carboxylic acids is 1. The van der Waals surface area contributed by atoms with E-state index in [0.717, 1.165) is 42.7 Å². The van der Waals surface area contributed by atoms with E-state index < -0.39 is 10.0 Å². The van der Waals surface area contributed by atoms with Gasteiger partial charge in [-0.05, 0) is 110 Å². The maximum absolute atomic E-state index is 12.8. The highest BCUT2D eigenvalue weighted by molar-refractivity contribution is 7.88. The van der Waals surface area contributed by atoms with Gasteiger partial charge in [-0.25, -0.2) is 12.7 Å². The van der Waals surface area contributed by atoms with Crippen molar-refractivity contribution in [2.75, 3.05) is 18.4 Å². The molecule has 35 heavy (non-hydrogen) atoms. The molecule has 0 aromatic heterocycles. The molecule has 1 saturated heterocycles. The lowest BCUT2D eigenvalue weighted by Crippen LogP contribution is -2.48. The van der Waals surface area contributed by atoms with E-state index in [1.165, 1.54) is 44.1 Å². The van der Waals surface area contributed by atoms with Crippen LogP contribution in [0.4, 0.5) is 5.69 Å². The molecule has 4 aliphatic carbocycles. The molecule has 5 nitrogen and oxygen atoms in total. The Labute approximate surface area is 209 Å². The van der Waals surface area contributed by atoms with Crippen LogP contribution >= 0.6 is 0 Å². The molecule has 5 fully saturated rings. The molecule has 2 aromatic rings. The van der Waals surface area contributed by atoms with Crippen molar-refractivity contribution >= 4 is 21.6 Å². The Bertz CT molecular complexity index is 1150. The maximum atomic E-state index is 12.8. The average molecular weight is 493 g/mol. The first kappa shape index (κ1) is 23.2. The lowest BCUT2D eigenvalue weighted by atomic mass is 9.48. The van der Waals surface area contributed by atoms with Crippen LogP contribution in [-0.4, -0.2) is 31.7 Å². The first-order valence-electron chi connectivity index (χ1n) is 13.4. The summed E-state index contributed by atoms with van der Waals surface area (Å²) in [5.74, 6) is 2.56. The summed E-state index contributed by atoms with van der Waals surface area (Å²) in [5.41, 5.74) is 3.87. The van der Waals surface area contributed by atoms with Crippen molar-refractivity contribution in [1.29, 1.82) is 0 Å². The van der Waals surface area contributed by atoms with E-state index >= 15 is 0 Å². The first-order chi connectivity index (χ1) is 16.9. The number of hydrogen-bond acceptors (Lipinski definition) is 3. The zero-order chi connectivity index (χ0) is 24.0. The van der Waals surface area contributed by atoms with Gasteiger partial charge in [0.2, 0.25) is 10.0 Å². The number of nitrogens with one attached hydrogen (secondary N) is 1. The summed E-state index contributed by atoms with van der Waals surface area (Å²) in [6, 6.07) is 15.5. The third-order valence-electron chi connectivity index (χ3n) is 9.07. The van der Waals surface area contributed by atoms with Gasteiger partial charge in [-0.1, -0.05) is 30.7 Å². The van der Waals surface area contributed by atoms with E-state index in [1.54, 1.807) is 28.6 Å². The highest BCUT2D eigenvalue weighted by Crippen LogP contribution is 2.60. The van der Waals surface area contributed by atoms with Crippen molar-refractivity contribution in [2.24, 2.45) is 17.8 Å². The molecule has 1 aliphatic heterocycles. The van der Waals surface area contributed by atoms with Crippen LogP contribution in [0.2, 0.25) is 0 Å². The topological polar surface area (TPSA) is 66.5 Å². The lowest BCUT2D eigenvalue weighted by molar-refractivity contribution is -0.00518. The van der Waals surface area contributed by atoms with Gasteiger partial charge in [0, 0.05) is 24.3 Å². The Morgan fingerprint density at radius 1 is 0.829 bits per heavy atom. The first-order valence-corrected chi connectivity index (χ1v) is 15.0. The molecule has 1 amide bonds. The molecule has 0 radical (unpaired) electrons. The third-order valence-corrected chi connectivity index (χ3v) is 10.9. The number of hydrogen-bond donors (Lipinski definition) is 1. The van der Waals surface area contributed by atoms with Gasteiger partial charge in [0.25, 0.3) is 5.91 Å². The van der Waals surface area contributed by atoms with Gasteiger partial charge in [0.15, 0.2) is 0 Å². The van der Waals surface area contributed by atoms with Crippen LogP contribution < -0.4 is 5.32 Å². The second-order valence-electron chi connectivity index (χ2n) is 11.6. The summed E-state index contributed by atoms with van der Waals surface area (Å²) >= 11 is 0. The molecule has 1 N–H and O–H groups in total. The van der Waals surface area contributed by atoms with Gasteiger partial charge in [-0.15, -0.1) is 0 Å². The Morgan fingerprint density at radius 2 is 1.40 bits per heavy atom. The molecule has 1 heterocycles. The minimum absolute atomic E-state index is 0.0132. The van der Waals surface area contributed by atoms with Gasteiger partial charge in [-0.2, -0.15) is 0 Å². The van der Waals surface area contributed by atoms with Crippen LogP contribution in [0.1, 0.15) is 79.3 Å². The van der Waals surface area contributed by atoms with Crippen molar-refractivity contribution in [3.63, 3.8) is 0 Å². The number of amides is 1. The Balaban J connectivity index is 1.09. The van der Waals surface area contributed by atoms with E-state index in [2.05, 4.69) is 17.4 Å². The summed E-state index contributed by atoms with van der Waals surface area (Å²) in [4.78, 5) is 12.8.